The van der Waals surface area contributed by atoms with Gasteiger partial charge in [0.1, 0.15) is 17.4 Å². The molecule has 0 aliphatic heterocycles. The number of hydrogen-bond acceptors (Lipinski definition) is 8. The number of benzene rings is 1. The number of pyridine rings is 1. The van der Waals surface area contributed by atoms with Crippen molar-refractivity contribution >= 4 is 23.0 Å². The first-order valence-corrected chi connectivity index (χ1v) is 8.44. The van der Waals surface area contributed by atoms with Crippen LogP contribution in [-0.2, 0) is 0 Å². The number of nitrogens with one attached hydrogen (secondary N) is 2. The van der Waals surface area contributed by atoms with E-state index in [0.717, 1.165) is 18.2 Å². The normalized spacial score (nSPS) is 11.3. The predicted molar refractivity (Wildman–Crippen MR) is 96.8 cm³/mol. The quantitative estimate of drug-likeness (QED) is 0.452. The second-order valence-electron chi connectivity index (χ2n) is 5.98. The maximum absolute atomic E-state index is 15.2. The summed E-state index contributed by atoms with van der Waals surface area (Å²) in [5.74, 6) is -1.85. The maximum Gasteiger partial charge on any atom is 0.387 e. The van der Waals surface area contributed by atoms with Crippen LogP contribution in [-0.4, -0.2) is 38.5 Å². The van der Waals surface area contributed by atoms with Gasteiger partial charge in [0.25, 0.3) is 5.89 Å². The zero-order valence-corrected chi connectivity index (χ0v) is 15.5. The summed E-state index contributed by atoms with van der Waals surface area (Å²) < 4.78 is 65.3. The average molecular weight is 423 g/mol. The van der Waals surface area contributed by atoms with Crippen LogP contribution in [0.1, 0.15) is 5.82 Å². The van der Waals surface area contributed by atoms with Crippen LogP contribution >= 0.6 is 0 Å². The number of halogens is 4. The highest BCUT2D eigenvalue weighted by atomic mass is 19.3. The monoisotopic (exact) mass is 423 g/mol. The Labute approximate surface area is 165 Å². The molecule has 2 N–H and O–H groups in total. The van der Waals surface area contributed by atoms with Gasteiger partial charge in [0.2, 0.25) is 0 Å². The lowest BCUT2D eigenvalue weighted by Gasteiger charge is -2.14. The summed E-state index contributed by atoms with van der Waals surface area (Å²) in [6.45, 7) is -1.49. The third-order valence-electron chi connectivity index (χ3n) is 4.10. The van der Waals surface area contributed by atoms with Gasteiger partial charge >= 0.3 is 12.6 Å². The number of fused-ring (bicyclic) bond motifs is 1. The lowest BCUT2D eigenvalue weighted by atomic mass is 10.2. The summed E-state index contributed by atoms with van der Waals surface area (Å²) in [5, 5.41) is 20.4. The van der Waals surface area contributed by atoms with Crippen LogP contribution in [0.15, 0.2) is 28.8 Å². The predicted octanol–water partition coefficient (Wildman–Crippen LogP) is 3.75. The molecule has 0 aliphatic carbocycles. The molecular formula is C17H13F4N7O2. The smallest absolute Gasteiger partial charge is 0.387 e. The number of alkyl halides is 2. The summed E-state index contributed by atoms with van der Waals surface area (Å²) in [6.07, 6.45) is 1.45. The molecule has 0 amide bonds. The highest BCUT2D eigenvalue weighted by Crippen LogP contribution is 2.35. The Hall–Kier alpha value is -3.90. The highest BCUT2D eigenvalue weighted by Gasteiger charge is 2.23. The van der Waals surface area contributed by atoms with Crippen molar-refractivity contribution in [1.29, 1.82) is 0 Å². The van der Waals surface area contributed by atoms with E-state index in [1.807, 2.05) is 0 Å². The van der Waals surface area contributed by atoms with E-state index >= 15 is 4.39 Å². The Morgan fingerprint density at radius 1 is 1.13 bits per heavy atom. The SMILES string of the molecule is CNc1nnc(-c2cn3c(C)nnc3c(F)c2Nc2ccc(OC(F)F)cc2F)o1. The Kier molecular flexibility index (Phi) is 4.85. The minimum Gasteiger partial charge on any atom is -0.435 e. The van der Waals surface area contributed by atoms with Crippen molar-refractivity contribution in [1.82, 2.24) is 24.8 Å². The number of aryl methyl sites for hydroxylation is 1. The molecule has 30 heavy (non-hydrogen) atoms. The minimum atomic E-state index is -3.11. The van der Waals surface area contributed by atoms with Crippen LogP contribution in [0.4, 0.5) is 35.0 Å². The van der Waals surface area contributed by atoms with Gasteiger partial charge in [-0.05, 0) is 19.1 Å². The van der Waals surface area contributed by atoms with E-state index in [0.29, 0.717) is 5.82 Å². The molecular weight excluding hydrogens is 410 g/mol. The number of hydrogen-bond donors (Lipinski definition) is 2. The van der Waals surface area contributed by atoms with Gasteiger partial charge in [0, 0.05) is 19.3 Å². The van der Waals surface area contributed by atoms with Gasteiger partial charge in [-0.3, -0.25) is 4.40 Å². The molecule has 156 valence electrons. The fourth-order valence-electron chi connectivity index (χ4n) is 2.72. The van der Waals surface area contributed by atoms with E-state index < -0.39 is 18.2 Å². The van der Waals surface area contributed by atoms with Crippen LogP contribution in [0.3, 0.4) is 0 Å². The van der Waals surface area contributed by atoms with Crippen LogP contribution in [0.25, 0.3) is 17.1 Å². The molecule has 0 aliphatic rings. The Morgan fingerprint density at radius 2 is 1.93 bits per heavy atom. The molecule has 3 heterocycles. The fraction of sp³-hybridized carbons (Fsp3) is 0.176. The molecule has 0 saturated carbocycles. The zero-order valence-electron chi connectivity index (χ0n) is 15.5. The Balaban J connectivity index is 1.83. The van der Waals surface area contributed by atoms with E-state index in [9.17, 15) is 13.2 Å². The summed E-state index contributed by atoms with van der Waals surface area (Å²) in [5.41, 5.74) is -0.442. The van der Waals surface area contributed by atoms with Gasteiger partial charge in [-0.1, -0.05) is 5.10 Å². The highest BCUT2D eigenvalue weighted by molar-refractivity contribution is 5.80. The zero-order chi connectivity index (χ0) is 21.4. The van der Waals surface area contributed by atoms with Crippen molar-refractivity contribution < 1.29 is 26.7 Å². The van der Waals surface area contributed by atoms with E-state index in [-0.39, 0.29) is 40.2 Å². The van der Waals surface area contributed by atoms with E-state index in [4.69, 9.17) is 4.42 Å². The number of anilines is 3. The van der Waals surface area contributed by atoms with Gasteiger partial charge < -0.3 is 19.8 Å². The second-order valence-corrected chi connectivity index (χ2v) is 5.98. The topological polar surface area (TPSA) is 102 Å². The molecule has 0 bridgehead atoms. The van der Waals surface area contributed by atoms with Crippen molar-refractivity contribution in [2.24, 2.45) is 0 Å². The van der Waals surface area contributed by atoms with Gasteiger partial charge in [-0.2, -0.15) is 8.78 Å². The first-order valence-electron chi connectivity index (χ1n) is 8.44. The molecule has 9 nitrogen and oxygen atoms in total. The molecule has 0 unspecified atom stereocenters. The van der Waals surface area contributed by atoms with Crippen LogP contribution in [0.5, 0.6) is 5.75 Å². The second kappa shape index (κ2) is 7.50. The van der Waals surface area contributed by atoms with Gasteiger partial charge in [-0.15, -0.1) is 15.3 Å². The van der Waals surface area contributed by atoms with Crippen LogP contribution < -0.4 is 15.4 Å². The number of ether oxygens (including phenoxy) is 1. The van der Waals surface area contributed by atoms with E-state index in [1.165, 1.54) is 10.6 Å². The molecule has 0 radical (unpaired) electrons. The molecule has 1 aromatic carbocycles. The average Bonchev–Trinajstić information content (AvgIpc) is 3.32. The van der Waals surface area contributed by atoms with Gasteiger partial charge in [0.15, 0.2) is 11.5 Å². The molecule has 0 spiro atoms. The third-order valence-corrected chi connectivity index (χ3v) is 4.10. The molecule has 0 fully saturated rings. The van der Waals surface area contributed by atoms with Crippen molar-refractivity contribution in [3.63, 3.8) is 0 Å². The van der Waals surface area contributed by atoms with Crippen molar-refractivity contribution in [2.45, 2.75) is 13.5 Å². The lowest BCUT2D eigenvalue weighted by Crippen LogP contribution is -2.05. The standard InChI is InChI=1S/C17H13F4N7O2/c1-7-24-25-14-12(19)13(9(6-28(7)14)15-26-27-17(22-2)30-15)23-11-4-3-8(5-10(11)18)29-16(20)21/h3-6,16,23H,1-2H3,(H,22,27). The fourth-order valence-corrected chi connectivity index (χ4v) is 2.72. The number of aromatic nitrogens is 5. The van der Waals surface area contributed by atoms with Crippen molar-refractivity contribution in [3.8, 4) is 17.2 Å². The third kappa shape index (κ3) is 3.44. The largest absolute Gasteiger partial charge is 0.435 e. The molecule has 0 saturated heterocycles. The summed E-state index contributed by atoms with van der Waals surface area (Å²) in [4.78, 5) is 0. The number of nitrogens with zero attached hydrogens (tertiary/aromatic N) is 5. The summed E-state index contributed by atoms with van der Waals surface area (Å²) in [7, 11) is 1.56. The minimum absolute atomic E-state index is 0.0613. The van der Waals surface area contributed by atoms with E-state index in [2.05, 4.69) is 35.8 Å². The number of rotatable bonds is 6. The van der Waals surface area contributed by atoms with E-state index in [1.54, 1.807) is 14.0 Å². The summed E-state index contributed by atoms with van der Waals surface area (Å²) in [6, 6.07) is 3.07. The lowest BCUT2D eigenvalue weighted by molar-refractivity contribution is -0.0499. The van der Waals surface area contributed by atoms with Gasteiger partial charge in [-0.25, -0.2) is 8.78 Å². The van der Waals surface area contributed by atoms with Crippen molar-refractivity contribution in [2.75, 3.05) is 17.7 Å². The molecule has 13 heteroatoms. The summed E-state index contributed by atoms with van der Waals surface area (Å²) >= 11 is 0. The molecule has 0 atom stereocenters. The van der Waals surface area contributed by atoms with Gasteiger partial charge in [0.05, 0.1) is 16.9 Å². The first kappa shape index (κ1) is 19.4. The van der Waals surface area contributed by atoms with Crippen molar-refractivity contribution in [3.05, 3.63) is 41.9 Å². The Bertz CT molecular complexity index is 1220. The maximum atomic E-state index is 15.2. The molecule has 4 rings (SSSR count). The first-order chi connectivity index (χ1) is 14.4. The molecule has 3 aromatic heterocycles. The van der Waals surface area contributed by atoms with Crippen LogP contribution in [0.2, 0.25) is 0 Å². The Morgan fingerprint density at radius 3 is 2.60 bits per heavy atom. The van der Waals surface area contributed by atoms with Crippen LogP contribution in [0, 0.1) is 18.6 Å². The molecule has 4 aromatic rings.